The van der Waals surface area contributed by atoms with E-state index in [9.17, 15) is 13.2 Å². The first kappa shape index (κ1) is 17.5. The van der Waals surface area contributed by atoms with Crippen LogP contribution in [0.4, 0.5) is 0 Å². The molecule has 1 atom stereocenters. The van der Waals surface area contributed by atoms with Crippen molar-refractivity contribution in [1.82, 2.24) is 9.88 Å². The van der Waals surface area contributed by atoms with Crippen molar-refractivity contribution in [3.05, 3.63) is 46.4 Å². The Morgan fingerprint density at radius 3 is 2.77 bits per heavy atom. The van der Waals surface area contributed by atoms with E-state index >= 15 is 0 Å². The molecule has 1 aliphatic heterocycles. The van der Waals surface area contributed by atoms with E-state index in [1.807, 2.05) is 11.4 Å². The van der Waals surface area contributed by atoms with Crippen LogP contribution in [-0.2, 0) is 16.4 Å². The summed E-state index contributed by atoms with van der Waals surface area (Å²) in [5.41, 5.74) is 3.14. The van der Waals surface area contributed by atoms with Crippen LogP contribution in [0.3, 0.4) is 0 Å². The van der Waals surface area contributed by atoms with Gasteiger partial charge < -0.3 is 9.64 Å². The summed E-state index contributed by atoms with van der Waals surface area (Å²) < 4.78 is 29.4. The highest BCUT2D eigenvalue weighted by molar-refractivity contribution is 7.91. The number of amides is 1. The predicted octanol–water partition coefficient (Wildman–Crippen LogP) is 2.51. The van der Waals surface area contributed by atoms with Crippen molar-refractivity contribution >= 4 is 27.1 Å². The smallest absolute Gasteiger partial charge is 0.254 e. The lowest BCUT2D eigenvalue weighted by molar-refractivity contribution is 0.0680. The van der Waals surface area contributed by atoms with Gasteiger partial charge in [0.1, 0.15) is 12.4 Å². The first-order chi connectivity index (χ1) is 12.5. The van der Waals surface area contributed by atoms with Crippen LogP contribution in [0.1, 0.15) is 35.3 Å². The fourth-order valence-electron chi connectivity index (χ4n) is 3.31. The van der Waals surface area contributed by atoms with Crippen LogP contribution in [0, 0.1) is 0 Å². The van der Waals surface area contributed by atoms with E-state index in [0.29, 0.717) is 24.3 Å². The molecule has 0 bridgehead atoms. The van der Waals surface area contributed by atoms with Gasteiger partial charge in [0.25, 0.3) is 5.91 Å². The Morgan fingerprint density at radius 1 is 1.27 bits per heavy atom. The molecule has 2 fully saturated rings. The van der Waals surface area contributed by atoms with Crippen molar-refractivity contribution in [2.75, 3.05) is 11.5 Å². The number of nitrogens with zero attached hydrogens (tertiary/aromatic N) is 2. The first-order valence-corrected chi connectivity index (χ1v) is 11.4. The predicted molar refractivity (Wildman–Crippen MR) is 99.1 cm³/mol. The van der Waals surface area contributed by atoms with Gasteiger partial charge in [-0.05, 0) is 37.5 Å². The zero-order valence-electron chi connectivity index (χ0n) is 14.2. The number of rotatable bonds is 6. The zero-order valence-corrected chi connectivity index (χ0v) is 15.8. The highest BCUT2D eigenvalue weighted by Crippen LogP contribution is 2.34. The molecule has 138 valence electrons. The molecular formula is C18H20N2O4S2. The molecule has 1 aromatic carbocycles. The van der Waals surface area contributed by atoms with Crippen molar-refractivity contribution in [2.24, 2.45) is 0 Å². The number of carbonyl (C=O) groups is 1. The molecule has 1 saturated heterocycles. The summed E-state index contributed by atoms with van der Waals surface area (Å²) in [5.74, 6) is 0.757. The monoisotopic (exact) mass is 392 g/mol. The Bertz CT molecular complexity index is 892. The summed E-state index contributed by atoms with van der Waals surface area (Å²) in [6.07, 6.45) is 2.43. The van der Waals surface area contributed by atoms with Gasteiger partial charge in [-0.2, -0.15) is 0 Å². The lowest BCUT2D eigenvalue weighted by Crippen LogP contribution is -2.42. The number of hydrogen-bond acceptors (Lipinski definition) is 6. The second-order valence-corrected chi connectivity index (χ2v) is 9.74. The number of benzene rings is 1. The summed E-state index contributed by atoms with van der Waals surface area (Å²) in [6, 6.07) is 7.05. The lowest BCUT2D eigenvalue weighted by atomic mass is 10.1. The minimum Gasteiger partial charge on any atom is -0.487 e. The molecule has 0 radical (unpaired) electrons. The Balaban J connectivity index is 1.50. The van der Waals surface area contributed by atoms with Gasteiger partial charge in [0, 0.05) is 23.0 Å². The molecule has 6 nitrogen and oxygen atoms in total. The van der Waals surface area contributed by atoms with E-state index in [2.05, 4.69) is 4.98 Å². The van der Waals surface area contributed by atoms with Gasteiger partial charge in [-0.15, -0.1) is 11.3 Å². The zero-order chi connectivity index (χ0) is 18.1. The van der Waals surface area contributed by atoms with Gasteiger partial charge in [-0.25, -0.2) is 13.4 Å². The van der Waals surface area contributed by atoms with Crippen LogP contribution in [0.2, 0.25) is 0 Å². The number of sulfone groups is 1. The number of hydrogen-bond donors (Lipinski definition) is 0. The minimum atomic E-state index is -3.03. The third-order valence-corrected chi connectivity index (χ3v) is 7.11. The van der Waals surface area contributed by atoms with Gasteiger partial charge in [-0.1, -0.05) is 6.07 Å². The molecule has 1 amide bonds. The highest BCUT2D eigenvalue weighted by atomic mass is 32.2. The Kier molecular flexibility index (Phi) is 4.71. The van der Waals surface area contributed by atoms with Gasteiger partial charge in [0.15, 0.2) is 9.84 Å². The van der Waals surface area contributed by atoms with Crippen LogP contribution in [0.15, 0.2) is 35.2 Å². The van der Waals surface area contributed by atoms with Crippen LogP contribution < -0.4 is 4.74 Å². The van der Waals surface area contributed by atoms with E-state index in [4.69, 9.17) is 4.74 Å². The van der Waals surface area contributed by atoms with E-state index < -0.39 is 9.84 Å². The number of aromatic nitrogens is 1. The van der Waals surface area contributed by atoms with Gasteiger partial charge in [0.05, 0.1) is 22.7 Å². The molecule has 1 aliphatic carbocycles. The fraction of sp³-hybridized carbons (Fsp3) is 0.444. The van der Waals surface area contributed by atoms with Crippen LogP contribution in [-0.4, -0.2) is 47.8 Å². The molecule has 1 saturated carbocycles. The van der Waals surface area contributed by atoms with E-state index in [1.165, 1.54) is 11.3 Å². The van der Waals surface area contributed by atoms with Gasteiger partial charge in [0.2, 0.25) is 0 Å². The Hall–Kier alpha value is -1.93. The van der Waals surface area contributed by atoms with Gasteiger partial charge in [-0.3, -0.25) is 4.79 Å². The maximum absolute atomic E-state index is 13.1. The largest absolute Gasteiger partial charge is 0.487 e. The molecule has 2 aromatic rings. The Labute approximate surface area is 156 Å². The lowest BCUT2D eigenvalue weighted by Gasteiger charge is -2.28. The van der Waals surface area contributed by atoms with Crippen LogP contribution >= 0.6 is 11.3 Å². The Morgan fingerprint density at radius 2 is 2.12 bits per heavy atom. The maximum atomic E-state index is 13.1. The van der Waals surface area contributed by atoms with Crippen molar-refractivity contribution < 1.29 is 17.9 Å². The standard InChI is InChI=1S/C18H20N2O4S2/c21-18(20(15-4-5-15)16-6-7-26(22,23)11-16)13-2-1-3-17(8-13)24-9-14-10-25-12-19-14/h1-3,8,10,12,15-16H,4-7,9,11H2. The molecule has 1 unspecified atom stereocenters. The van der Waals surface area contributed by atoms with Crippen molar-refractivity contribution in [1.29, 1.82) is 0 Å². The fourth-order valence-corrected chi connectivity index (χ4v) is 5.57. The summed E-state index contributed by atoms with van der Waals surface area (Å²) in [5, 5.41) is 1.92. The molecule has 26 heavy (non-hydrogen) atoms. The maximum Gasteiger partial charge on any atom is 0.254 e. The molecule has 0 spiro atoms. The highest BCUT2D eigenvalue weighted by Gasteiger charge is 2.42. The van der Waals surface area contributed by atoms with E-state index in [0.717, 1.165) is 18.5 Å². The van der Waals surface area contributed by atoms with Crippen LogP contribution in [0.25, 0.3) is 0 Å². The minimum absolute atomic E-state index is 0.0786. The second kappa shape index (κ2) is 7.00. The van der Waals surface area contributed by atoms with E-state index in [1.54, 1.807) is 28.6 Å². The molecule has 2 heterocycles. The summed E-state index contributed by atoms with van der Waals surface area (Å²) in [6.45, 7) is 0.356. The topological polar surface area (TPSA) is 76.6 Å². The van der Waals surface area contributed by atoms with Crippen molar-refractivity contribution in [3.8, 4) is 5.75 Å². The summed E-state index contributed by atoms with van der Waals surface area (Å²) in [4.78, 5) is 19.0. The van der Waals surface area contributed by atoms with Gasteiger partial charge >= 0.3 is 0 Å². The van der Waals surface area contributed by atoms with Crippen LogP contribution in [0.5, 0.6) is 5.75 Å². The number of ether oxygens (including phenoxy) is 1. The molecule has 8 heteroatoms. The molecule has 0 N–H and O–H groups in total. The second-order valence-electron chi connectivity index (χ2n) is 6.80. The summed E-state index contributed by atoms with van der Waals surface area (Å²) in [7, 11) is -3.03. The quantitative estimate of drug-likeness (QED) is 0.755. The number of carbonyl (C=O) groups excluding carboxylic acids is 1. The van der Waals surface area contributed by atoms with E-state index in [-0.39, 0.29) is 29.5 Å². The summed E-state index contributed by atoms with van der Waals surface area (Å²) >= 11 is 1.51. The molecular weight excluding hydrogens is 372 g/mol. The SMILES string of the molecule is O=C(c1cccc(OCc2cscn2)c1)N(C1CC1)C1CCS(=O)(=O)C1. The van der Waals surface area contributed by atoms with Crippen molar-refractivity contribution in [2.45, 2.75) is 38.0 Å². The first-order valence-electron chi connectivity index (χ1n) is 8.65. The molecule has 2 aliphatic rings. The molecule has 1 aromatic heterocycles. The van der Waals surface area contributed by atoms with Crippen molar-refractivity contribution in [3.63, 3.8) is 0 Å². The normalized spacial score (nSPS) is 21.5. The average molecular weight is 393 g/mol. The number of thiazole rings is 1. The molecule has 4 rings (SSSR count). The third-order valence-electron chi connectivity index (χ3n) is 4.73. The average Bonchev–Trinajstić information content (AvgIpc) is 3.18. The third kappa shape index (κ3) is 3.91.